The van der Waals surface area contributed by atoms with E-state index in [1.807, 2.05) is 6.07 Å². The van der Waals surface area contributed by atoms with Crippen LogP contribution in [0.25, 0.3) is 0 Å². The summed E-state index contributed by atoms with van der Waals surface area (Å²) in [7, 11) is 3.94. The largest absolute Gasteiger partial charge is 0.482 e. The van der Waals surface area contributed by atoms with E-state index in [9.17, 15) is 23.2 Å². The lowest BCUT2D eigenvalue weighted by Gasteiger charge is -2.21. The van der Waals surface area contributed by atoms with Crippen LogP contribution in [-0.4, -0.2) is 43.9 Å². The van der Waals surface area contributed by atoms with E-state index < -0.39 is 35.1 Å². The normalized spacial score (nSPS) is 11.0. The number of ketones is 1. The molecule has 37 heavy (non-hydrogen) atoms. The number of hydrogen-bond donors (Lipinski definition) is 0. The van der Waals surface area contributed by atoms with Crippen LogP contribution in [-0.2, 0) is 33.8 Å². The number of carbonyl (C=O) groups is 2. The minimum Gasteiger partial charge on any atom is -0.482 e. The lowest BCUT2D eigenvalue weighted by molar-refractivity contribution is -0.111. The molecule has 3 rings (SSSR count). The highest BCUT2D eigenvalue weighted by atomic mass is 19.1. The van der Waals surface area contributed by atoms with E-state index in [0.29, 0.717) is 0 Å². The fourth-order valence-corrected chi connectivity index (χ4v) is 3.67. The van der Waals surface area contributed by atoms with Gasteiger partial charge in [0, 0.05) is 32.9 Å². The van der Waals surface area contributed by atoms with Crippen LogP contribution in [0.2, 0.25) is 0 Å². The van der Waals surface area contributed by atoms with Crippen molar-refractivity contribution in [1.82, 2.24) is 4.57 Å². The van der Waals surface area contributed by atoms with Crippen LogP contribution in [0, 0.1) is 11.6 Å². The summed E-state index contributed by atoms with van der Waals surface area (Å²) in [5.41, 5.74) is -0.462. The molecule has 0 atom stereocenters. The average Bonchev–Trinajstić information content (AvgIpc) is 2.90. The second kappa shape index (κ2) is 12.9. The Kier molecular flexibility index (Phi) is 9.64. The van der Waals surface area contributed by atoms with Gasteiger partial charge in [0.05, 0.1) is 19.2 Å². The minimum absolute atomic E-state index is 0.0590. The first-order valence-corrected chi connectivity index (χ1v) is 11.3. The summed E-state index contributed by atoms with van der Waals surface area (Å²) in [5, 5.41) is 0. The number of aryl methyl sites for hydroxylation is 1. The zero-order valence-electron chi connectivity index (χ0n) is 20.7. The van der Waals surface area contributed by atoms with Gasteiger partial charge in [-0.05, 0) is 23.6 Å². The summed E-state index contributed by atoms with van der Waals surface area (Å²) < 4.78 is 49.7. The van der Waals surface area contributed by atoms with Gasteiger partial charge in [0.1, 0.15) is 18.2 Å². The highest BCUT2D eigenvalue weighted by molar-refractivity contribution is 5.98. The molecule has 0 aliphatic carbocycles. The van der Waals surface area contributed by atoms with Gasteiger partial charge in [-0.15, -0.1) is 0 Å². The Morgan fingerprint density at radius 2 is 1.70 bits per heavy atom. The van der Waals surface area contributed by atoms with E-state index in [4.69, 9.17) is 18.9 Å². The smallest absolute Gasteiger partial charge is 0.358 e. The highest BCUT2D eigenvalue weighted by Gasteiger charge is 2.27. The maximum Gasteiger partial charge on any atom is 0.358 e. The molecular formula is C27H27F2NO7. The van der Waals surface area contributed by atoms with Crippen molar-refractivity contribution in [3.63, 3.8) is 0 Å². The molecule has 1 aromatic heterocycles. The van der Waals surface area contributed by atoms with Crippen molar-refractivity contribution >= 4 is 11.8 Å². The van der Waals surface area contributed by atoms with Crippen molar-refractivity contribution in [2.75, 3.05) is 21.3 Å². The van der Waals surface area contributed by atoms with Crippen LogP contribution in [0.5, 0.6) is 5.75 Å². The number of pyridine rings is 1. The predicted molar refractivity (Wildman–Crippen MR) is 130 cm³/mol. The van der Waals surface area contributed by atoms with Gasteiger partial charge in [0.25, 0.3) is 0 Å². The first kappa shape index (κ1) is 27.7. The molecule has 1 heterocycles. The molecular weight excluding hydrogens is 488 g/mol. The van der Waals surface area contributed by atoms with Crippen molar-refractivity contribution in [3.8, 4) is 5.75 Å². The number of nitrogens with zero attached hydrogens (tertiary/aromatic N) is 1. The summed E-state index contributed by atoms with van der Waals surface area (Å²) in [4.78, 5) is 39.3. The van der Waals surface area contributed by atoms with E-state index in [1.54, 1.807) is 24.3 Å². The van der Waals surface area contributed by atoms with Crippen LogP contribution < -0.4 is 10.2 Å². The number of aromatic nitrogens is 1. The number of ether oxygens (including phenoxy) is 4. The Balaban J connectivity index is 2.04. The van der Waals surface area contributed by atoms with Crippen LogP contribution in [0.15, 0.2) is 59.5 Å². The molecule has 196 valence electrons. The number of esters is 1. The topological polar surface area (TPSA) is 93.1 Å². The zero-order chi connectivity index (χ0) is 26.9. The average molecular weight is 516 g/mol. The second-order valence-electron chi connectivity index (χ2n) is 8.03. The number of hydrogen-bond acceptors (Lipinski definition) is 7. The fourth-order valence-electron chi connectivity index (χ4n) is 3.67. The molecule has 10 heteroatoms. The Hall–Kier alpha value is -3.89. The van der Waals surface area contributed by atoms with E-state index in [0.717, 1.165) is 24.8 Å². The van der Waals surface area contributed by atoms with Crippen LogP contribution >= 0.6 is 0 Å². The molecule has 0 unspecified atom stereocenters. The number of halogens is 2. The monoisotopic (exact) mass is 515 g/mol. The summed E-state index contributed by atoms with van der Waals surface area (Å²) in [6, 6.07) is 12.0. The molecule has 8 nitrogen and oxygen atoms in total. The van der Waals surface area contributed by atoms with E-state index in [-0.39, 0.29) is 48.6 Å². The first-order valence-electron chi connectivity index (χ1n) is 11.3. The molecule has 0 saturated carbocycles. The number of benzene rings is 2. The van der Waals surface area contributed by atoms with Crippen molar-refractivity contribution in [2.24, 2.45) is 0 Å². The summed E-state index contributed by atoms with van der Waals surface area (Å²) in [6.45, 7) is -0.136. The quantitative estimate of drug-likeness (QED) is 0.205. The van der Waals surface area contributed by atoms with Gasteiger partial charge >= 0.3 is 5.97 Å². The SMILES string of the molecule is COC(=O)c1c(OCc2ccccc2)c(=O)c(C(=O)CCc2ccc(F)cc2F)cn1CC(OC)OC. The van der Waals surface area contributed by atoms with Gasteiger partial charge in [-0.2, -0.15) is 0 Å². The lowest BCUT2D eigenvalue weighted by atomic mass is 10.0. The van der Waals surface area contributed by atoms with Crippen LogP contribution in [0.4, 0.5) is 8.78 Å². The Morgan fingerprint density at radius 1 is 1.00 bits per heavy atom. The molecule has 0 spiro atoms. The highest BCUT2D eigenvalue weighted by Crippen LogP contribution is 2.21. The molecule has 0 aliphatic rings. The third kappa shape index (κ3) is 6.87. The molecule has 0 aliphatic heterocycles. The van der Waals surface area contributed by atoms with Crippen molar-refractivity contribution in [1.29, 1.82) is 0 Å². The van der Waals surface area contributed by atoms with Gasteiger partial charge in [0.15, 0.2) is 23.5 Å². The van der Waals surface area contributed by atoms with E-state index >= 15 is 0 Å². The molecule has 0 N–H and O–H groups in total. The zero-order valence-corrected chi connectivity index (χ0v) is 20.7. The van der Waals surface area contributed by atoms with Gasteiger partial charge < -0.3 is 23.5 Å². The number of methoxy groups -OCH3 is 3. The van der Waals surface area contributed by atoms with E-state index in [1.165, 1.54) is 31.0 Å². The number of carbonyl (C=O) groups excluding carboxylic acids is 2. The number of Topliss-reactive ketones (excluding diaryl/α,β-unsaturated/α-hetero) is 1. The third-order valence-corrected chi connectivity index (χ3v) is 5.65. The van der Waals surface area contributed by atoms with Crippen LogP contribution in [0.1, 0.15) is 38.4 Å². The van der Waals surface area contributed by atoms with Crippen molar-refractivity contribution in [3.05, 3.63) is 99.0 Å². The third-order valence-electron chi connectivity index (χ3n) is 5.65. The molecule has 0 bridgehead atoms. The molecule has 0 fully saturated rings. The summed E-state index contributed by atoms with van der Waals surface area (Å²) in [5.74, 6) is -3.38. The standard InChI is InChI=1S/C27H27F2NO7/c1-34-23(35-2)15-30-14-20(22(31)12-10-18-9-11-19(28)13-21(18)29)25(32)26(24(30)27(33)36-3)37-16-17-7-5-4-6-8-17/h4-9,11,13-14,23H,10,12,15-16H2,1-3H3. The second-order valence-corrected chi connectivity index (χ2v) is 8.03. The van der Waals surface area contributed by atoms with Gasteiger partial charge in [0.2, 0.25) is 5.43 Å². The molecule has 3 aromatic rings. The summed E-state index contributed by atoms with van der Waals surface area (Å²) >= 11 is 0. The van der Waals surface area contributed by atoms with Crippen molar-refractivity contribution in [2.45, 2.75) is 32.3 Å². The Morgan fingerprint density at radius 3 is 2.32 bits per heavy atom. The van der Waals surface area contributed by atoms with Crippen LogP contribution in [0.3, 0.4) is 0 Å². The Bertz CT molecular complexity index is 1300. The maximum absolute atomic E-state index is 14.1. The van der Waals surface area contributed by atoms with Gasteiger partial charge in [-0.25, -0.2) is 13.6 Å². The maximum atomic E-state index is 14.1. The fraction of sp³-hybridized carbons (Fsp3) is 0.296. The molecule has 0 radical (unpaired) electrons. The molecule has 0 amide bonds. The van der Waals surface area contributed by atoms with E-state index in [2.05, 4.69) is 0 Å². The Labute approximate surface area is 212 Å². The van der Waals surface area contributed by atoms with Gasteiger partial charge in [-0.3, -0.25) is 9.59 Å². The number of rotatable bonds is 12. The lowest BCUT2D eigenvalue weighted by Crippen LogP contribution is -2.30. The summed E-state index contributed by atoms with van der Waals surface area (Å²) in [6.07, 6.45) is 0.0653. The van der Waals surface area contributed by atoms with Gasteiger partial charge in [-0.1, -0.05) is 36.4 Å². The molecule has 2 aromatic carbocycles. The molecule has 0 saturated heterocycles. The predicted octanol–water partition coefficient (Wildman–Crippen LogP) is 3.93. The van der Waals surface area contributed by atoms with Crippen molar-refractivity contribution < 1.29 is 37.3 Å². The first-order chi connectivity index (χ1) is 17.8. The minimum atomic E-state index is -0.862.